The third-order valence-corrected chi connectivity index (χ3v) is 4.46. The normalized spacial score (nSPS) is 23.5. The van der Waals surface area contributed by atoms with Crippen molar-refractivity contribution in [3.8, 4) is 0 Å². The molecule has 1 aliphatic heterocycles. The summed E-state index contributed by atoms with van der Waals surface area (Å²) in [6.45, 7) is 2.72. The maximum absolute atomic E-state index is 5.99. The second-order valence-electron chi connectivity index (χ2n) is 5.64. The molecule has 5 heteroatoms. The molecule has 2 heterocycles. The zero-order valence-corrected chi connectivity index (χ0v) is 10.9. The summed E-state index contributed by atoms with van der Waals surface area (Å²) in [6, 6.07) is 0. The highest BCUT2D eigenvalue weighted by molar-refractivity contribution is 5.30. The summed E-state index contributed by atoms with van der Waals surface area (Å²) >= 11 is 0. The van der Waals surface area contributed by atoms with Gasteiger partial charge < -0.3 is 15.2 Å². The Balaban J connectivity index is 1.82. The molecular formula is C13H22N4O. The monoisotopic (exact) mass is 250 g/mol. The molecule has 1 aromatic rings. The predicted molar refractivity (Wildman–Crippen MR) is 69.6 cm³/mol. The van der Waals surface area contributed by atoms with Gasteiger partial charge in [-0.15, -0.1) is 0 Å². The molecule has 18 heavy (non-hydrogen) atoms. The molecule has 2 N–H and O–H groups in total. The fraction of sp³-hybridized carbons (Fsp3) is 0.846. The standard InChI is InChI=1S/C13H22N4O/c14-10-13(6-2-1-3-7-13)11-15-12(16-18-11)17-8-4-5-9-17/h1-10,14H2. The first-order valence-electron chi connectivity index (χ1n) is 7.13. The van der Waals surface area contributed by atoms with E-state index in [0.29, 0.717) is 6.54 Å². The smallest absolute Gasteiger partial charge is 0.266 e. The number of nitrogens with zero attached hydrogens (tertiary/aromatic N) is 3. The van der Waals surface area contributed by atoms with Crippen LogP contribution in [0, 0.1) is 0 Å². The second-order valence-corrected chi connectivity index (χ2v) is 5.64. The number of hydrogen-bond acceptors (Lipinski definition) is 5. The fourth-order valence-electron chi connectivity index (χ4n) is 3.21. The molecule has 5 nitrogen and oxygen atoms in total. The summed E-state index contributed by atoms with van der Waals surface area (Å²) in [5.41, 5.74) is 5.94. The molecule has 2 fully saturated rings. The predicted octanol–water partition coefficient (Wildman–Crippen LogP) is 1.83. The largest absolute Gasteiger partial charge is 0.338 e. The molecule has 2 aliphatic rings. The minimum absolute atomic E-state index is 0.0524. The van der Waals surface area contributed by atoms with Gasteiger partial charge in [0.25, 0.3) is 5.95 Å². The van der Waals surface area contributed by atoms with E-state index in [1.165, 1.54) is 32.1 Å². The molecule has 0 spiro atoms. The van der Waals surface area contributed by atoms with Gasteiger partial charge in [-0.25, -0.2) is 0 Å². The van der Waals surface area contributed by atoms with Crippen molar-refractivity contribution in [3.63, 3.8) is 0 Å². The maximum Gasteiger partial charge on any atom is 0.266 e. The van der Waals surface area contributed by atoms with Crippen LogP contribution in [0.2, 0.25) is 0 Å². The Morgan fingerprint density at radius 2 is 1.83 bits per heavy atom. The lowest BCUT2D eigenvalue weighted by atomic mass is 9.74. The SMILES string of the molecule is NCC1(c2nc(N3CCCC3)no2)CCCCC1. The molecule has 0 aromatic carbocycles. The highest BCUT2D eigenvalue weighted by atomic mass is 16.5. The van der Waals surface area contributed by atoms with E-state index in [1.807, 2.05) is 0 Å². The van der Waals surface area contributed by atoms with E-state index in [4.69, 9.17) is 10.3 Å². The quantitative estimate of drug-likeness (QED) is 0.886. The molecule has 1 aromatic heterocycles. The fourth-order valence-corrected chi connectivity index (χ4v) is 3.21. The molecule has 0 atom stereocenters. The van der Waals surface area contributed by atoms with Gasteiger partial charge in [-0.1, -0.05) is 19.3 Å². The molecule has 1 saturated heterocycles. The number of rotatable bonds is 3. The Hall–Kier alpha value is -1.10. The highest BCUT2D eigenvalue weighted by Gasteiger charge is 2.38. The van der Waals surface area contributed by atoms with Crippen molar-refractivity contribution in [1.29, 1.82) is 0 Å². The van der Waals surface area contributed by atoms with Crippen molar-refractivity contribution < 1.29 is 4.52 Å². The first-order chi connectivity index (χ1) is 8.84. The third-order valence-electron chi connectivity index (χ3n) is 4.46. The van der Waals surface area contributed by atoms with Crippen LogP contribution >= 0.6 is 0 Å². The zero-order chi connectivity index (χ0) is 12.4. The van der Waals surface area contributed by atoms with Crippen LogP contribution in [-0.4, -0.2) is 29.8 Å². The van der Waals surface area contributed by atoms with Crippen LogP contribution in [0.15, 0.2) is 4.52 Å². The Bertz CT molecular complexity index is 391. The molecular weight excluding hydrogens is 228 g/mol. The average Bonchev–Trinajstić information content (AvgIpc) is 3.10. The van der Waals surface area contributed by atoms with Gasteiger partial charge in [-0.3, -0.25) is 0 Å². The van der Waals surface area contributed by atoms with Crippen LogP contribution in [0.4, 0.5) is 5.95 Å². The lowest BCUT2D eigenvalue weighted by Gasteiger charge is -2.32. The first kappa shape index (κ1) is 12.0. The van der Waals surface area contributed by atoms with Gasteiger partial charge in [-0.2, -0.15) is 4.98 Å². The average molecular weight is 250 g/mol. The van der Waals surface area contributed by atoms with E-state index in [9.17, 15) is 0 Å². The van der Waals surface area contributed by atoms with Crippen LogP contribution in [0.25, 0.3) is 0 Å². The van der Waals surface area contributed by atoms with Crippen LogP contribution in [0.5, 0.6) is 0 Å². The van der Waals surface area contributed by atoms with Gasteiger partial charge in [-0.05, 0) is 30.8 Å². The molecule has 0 amide bonds. The maximum atomic E-state index is 5.99. The number of anilines is 1. The van der Waals surface area contributed by atoms with Gasteiger partial charge in [0.15, 0.2) is 0 Å². The van der Waals surface area contributed by atoms with Crippen molar-refractivity contribution in [2.45, 2.75) is 50.4 Å². The van der Waals surface area contributed by atoms with Crippen molar-refractivity contribution in [2.24, 2.45) is 5.73 Å². The number of nitrogens with two attached hydrogens (primary N) is 1. The highest BCUT2D eigenvalue weighted by Crippen LogP contribution is 2.38. The summed E-state index contributed by atoms with van der Waals surface area (Å²) < 4.78 is 5.53. The van der Waals surface area contributed by atoms with Crippen LogP contribution in [0.1, 0.15) is 50.8 Å². The van der Waals surface area contributed by atoms with E-state index < -0.39 is 0 Å². The molecule has 0 bridgehead atoms. The molecule has 0 unspecified atom stereocenters. The Kier molecular flexibility index (Phi) is 3.24. The van der Waals surface area contributed by atoms with Crippen LogP contribution < -0.4 is 10.6 Å². The second kappa shape index (κ2) is 4.88. The van der Waals surface area contributed by atoms with E-state index >= 15 is 0 Å². The van der Waals surface area contributed by atoms with E-state index in [0.717, 1.165) is 37.8 Å². The lowest BCUT2D eigenvalue weighted by molar-refractivity contribution is 0.220. The minimum atomic E-state index is -0.0524. The minimum Gasteiger partial charge on any atom is -0.338 e. The zero-order valence-electron chi connectivity index (χ0n) is 10.9. The van der Waals surface area contributed by atoms with Crippen molar-refractivity contribution in [1.82, 2.24) is 10.1 Å². The Morgan fingerprint density at radius 1 is 1.11 bits per heavy atom. The Morgan fingerprint density at radius 3 is 2.50 bits per heavy atom. The number of hydrogen-bond donors (Lipinski definition) is 1. The van der Waals surface area contributed by atoms with Gasteiger partial charge in [0.2, 0.25) is 5.89 Å². The van der Waals surface area contributed by atoms with Crippen molar-refractivity contribution in [3.05, 3.63) is 5.89 Å². The van der Waals surface area contributed by atoms with E-state index in [2.05, 4.69) is 15.0 Å². The van der Waals surface area contributed by atoms with Gasteiger partial charge in [0, 0.05) is 19.6 Å². The van der Waals surface area contributed by atoms with Gasteiger partial charge >= 0.3 is 0 Å². The summed E-state index contributed by atoms with van der Waals surface area (Å²) in [5.74, 6) is 1.53. The third kappa shape index (κ3) is 2.00. The van der Waals surface area contributed by atoms with E-state index in [-0.39, 0.29) is 5.41 Å². The molecule has 1 saturated carbocycles. The van der Waals surface area contributed by atoms with Crippen molar-refractivity contribution >= 4 is 5.95 Å². The van der Waals surface area contributed by atoms with Crippen LogP contribution in [0.3, 0.4) is 0 Å². The summed E-state index contributed by atoms with van der Waals surface area (Å²) in [4.78, 5) is 6.84. The van der Waals surface area contributed by atoms with Gasteiger partial charge in [0.05, 0.1) is 5.41 Å². The molecule has 1 aliphatic carbocycles. The van der Waals surface area contributed by atoms with E-state index in [1.54, 1.807) is 0 Å². The number of aromatic nitrogens is 2. The van der Waals surface area contributed by atoms with Gasteiger partial charge in [0.1, 0.15) is 0 Å². The summed E-state index contributed by atoms with van der Waals surface area (Å²) in [5, 5.41) is 4.15. The molecule has 3 rings (SSSR count). The Labute approximate surface area is 108 Å². The molecule has 0 radical (unpaired) electrons. The topological polar surface area (TPSA) is 68.2 Å². The first-order valence-corrected chi connectivity index (χ1v) is 7.13. The lowest BCUT2D eigenvalue weighted by Crippen LogP contribution is -2.37. The molecule has 100 valence electrons. The van der Waals surface area contributed by atoms with Crippen LogP contribution in [-0.2, 0) is 5.41 Å². The summed E-state index contributed by atoms with van der Waals surface area (Å²) in [6.07, 6.45) is 8.38. The van der Waals surface area contributed by atoms with Crippen molar-refractivity contribution in [2.75, 3.05) is 24.5 Å². The summed E-state index contributed by atoms with van der Waals surface area (Å²) in [7, 11) is 0.